The highest BCUT2D eigenvalue weighted by molar-refractivity contribution is 5.68. The van der Waals surface area contributed by atoms with Gasteiger partial charge < -0.3 is 29.6 Å². The van der Waals surface area contributed by atoms with Gasteiger partial charge in [-0.3, -0.25) is 0 Å². The Morgan fingerprint density at radius 2 is 1.97 bits per heavy atom. The summed E-state index contributed by atoms with van der Waals surface area (Å²) in [7, 11) is 1.52. The number of ether oxygens (including phenoxy) is 4. The first-order valence-corrected chi connectivity index (χ1v) is 9.83. The second-order valence-electron chi connectivity index (χ2n) is 7.72. The summed E-state index contributed by atoms with van der Waals surface area (Å²) in [6.07, 6.45) is -6.31. The van der Waals surface area contributed by atoms with Crippen molar-refractivity contribution in [2.45, 2.75) is 49.8 Å². The fourth-order valence-electron chi connectivity index (χ4n) is 3.72. The Hall–Kier alpha value is -2.04. The van der Waals surface area contributed by atoms with E-state index in [0.29, 0.717) is 37.2 Å². The van der Waals surface area contributed by atoms with Gasteiger partial charge in [0, 0.05) is 19.1 Å². The van der Waals surface area contributed by atoms with E-state index in [2.05, 4.69) is 0 Å². The van der Waals surface area contributed by atoms with Crippen molar-refractivity contribution >= 4 is 6.09 Å². The molecule has 0 aromatic heterocycles. The predicted molar refractivity (Wildman–Crippen MR) is 101 cm³/mol. The van der Waals surface area contributed by atoms with E-state index in [9.17, 15) is 18.0 Å². The maximum Gasteiger partial charge on any atom is 0.427 e. The second kappa shape index (κ2) is 9.40. The summed E-state index contributed by atoms with van der Waals surface area (Å²) >= 11 is 0. The van der Waals surface area contributed by atoms with Gasteiger partial charge in [0.1, 0.15) is 5.75 Å². The summed E-state index contributed by atoms with van der Waals surface area (Å²) in [5.74, 6) is 0.633. The molecule has 2 unspecified atom stereocenters. The molecule has 0 bridgehead atoms. The molecule has 1 spiro atoms. The molecule has 2 aliphatic heterocycles. The van der Waals surface area contributed by atoms with Crippen LogP contribution in [0.2, 0.25) is 0 Å². The first-order valence-electron chi connectivity index (χ1n) is 9.83. The molecular formula is C20H27F3N2O5. The Bertz CT molecular complexity index is 705. The lowest BCUT2D eigenvalue weighted by molar-refractivity contribution is -0.220. The van der Waals surface area contributed by atoms with E-state index in [-0.39, 0.29) is 31.3 Å². The van der Waals surface area contributed by atoms with Crippen LogP contribution in [0.25, 0.3) is 0 Å². The van der Waals surface area contributed by atoms with Gasteiger partial charge in [0.2, 0.25) is 6.10 Å². The predicted octanol–water partition coefficient (Wildman–Crippen LogP) is 2.86. The van der Waals surface area contributed by atoms with E-state index in [4.69, 9.17) is 24.7 Å². The van der Waals surface area contributed by atoms with Crippen molar-refractivity contribution in [1.82, 2.24) is 4.90 Å². The van der Waals surface area contributed by atoms with Gasteiger partial charge in [0.05, 0.1) is 32.5 Å². The number of carbonyl (C=O) groups excluding carboxylic acids is 1. The molecule has 2 N–H and O–H groups in total. The normalized spacial score (nSPS) is 22.2. The Morgan fingerprint density at radius 1 is 1.30 bits per heavy atom. The number of halogens is 3. The summed E-state index contributed by atoms with van der Waals surface area (Å²) in [6.45, 7) is 0.173. The molecule has 0 radical (unpaired) electrons. The lowest BCUT2D eigenvalue weighted by Gasteiger charge is -2.38. The van der Waals surface area contributed by atoms with Crippen molar-refractivity contribution in [2.24, 2.45) is 5.73 Å². The van der Waals surface area contributed by atoms with Crippen LogP contribution in [0.5, 0.6) is 5.75 Å². The molecule has 10 heteroatoms. The van der Waals surface area contributed by atoms with E-state index in [1.54, 1.807) is 24.3 Å². The molecule has 3 rings (SSSR count). The van der Waals surface area contributed by atoms with Gasteiger partial charge in [-0.05, 0) is 37.0 Å². The molecule has 1 amide bonds. The van der Waals surface area contributed by atoms with Gasteiger partial charge in [-0.25, -0.2) is 4.79 Å². The molecule has 2 fully saturated rings. The minimum atomic E-state index is -4.73. The summed E-state index contributed by atoms with van der Waals surface area (Å²) in [4.78, 5) is 13.6. The van der Waals surface area contributed by atoms with Crippen LogP contribution in [0.15, 0.2) is 24.3 Å². The number of hydrogen-bond acceptors (Lipinski definition) is 6. The second-order valence-corrected chi connectivity index (χ2v) is 7.72. The highest BCUT2D eigenvalue weighted by Gasteiger charge is 2.46. The first kappa shape index (κ1) is 22.6. The third-order valence-electron chi connectivity index (χ3n) is 5.48. The standard InChI is InChI=1S/C20H27F3N2O5/c1-27-16-4-2-14(3-5-16)11-28-13-17(20(21,22)23)30-18(26)25-8-6-19(7-9-25)10-15(24)12-29-19/h2-5,15,17H,6-13,24H2,1H3. The zero-order valence-corrected chi connectivity index (χ0v) is 16.8. The van der Waals surface area contributed by atoms with Crippen LogP contribution in [-0.4, -0.2) is 68.3 Å². The van der Waals surface area contributed by atoms with Crippen LogP contribution < -0.4 is 10.5 Å². The number of methoxy groups -OCH3 is 1. The number of rotatable bonds is 6. The Morgan fingerprint density at radius 3 is 2.50 bits per heavy atom. The number of nitrogens with two attached hydrogens (primary N) is 1. The zero-order valence-electron chi connectivity index (χ0n) is 16.8. The van der Waals surface area contributed by atoms with Crippen LogP contribution >= 0.6 is 0 Å². The molecule has 2 heterocycles. The SMILES string of the molecule is COc1ccc(COCC(OC(=O)N2CCC3(CC2)CC(N)CO3)C(F)(F)F)cc1. The van der Waals surface area contributed by atoms with Crippen molar-refractivity contribution in [2.75, 3.05) is 33.4 Å². The fourth-order valence-corrected chi connectivity index (χ4v) is 3.72. The highest BCUT2D eigenvalue weighted by atomic mass is 19.4. The molecule has 1 aromatic carbocycles. The topological polar surface area (TPSA) is 83.3 Å². The Balaban J connectivity index is 1.48. The van der Waals surface area contributed by atoms with E-state index < -0.39 is 25.0 Å². The first-order chi connectivity index (χ1) is 14.2. The number of piperidine rings is 1. The largest absolute Gasteiger partial charge is 0.497 e. The molecule has 30 heavy (non-hydrogen) atoms. The average Bonchev–Trinajstić information content (AvgIpc) is 3.07. The lowest BCUT2D eigenvalue weighted by atomic mass is 9.88. The van der Waals surface area contributed by atoms with Gasteiger partial charge in [-0.2, -0.15) is 13.2 Å². The van der Waals surface area contributed by atoms with Crippen LogP contribution in [0.1, 0.15) is 24.8 Å². The molecule has 1 aromatic rings. The van der Waals surface area contributed by atoms with Gasteiger partial charge in [0.15, 0.2) is 0 Å². The van der Waals surface area contributed by atoms with E-state index in [1.165, 1.54) is 12.0 Å². The third-order valence-corrected chi connectivity index (χ3v) is 5.48. The number of alkyl halides is 3. The molecule has 0 saturated carbocycles. The quantitative estimate of drug-likeness (QED) is 0.744. The van der Waals surface area contributed by atoms with Gasteiger partial charge in [0.25, 0.3) is 0 Å². The number of hydrogen-bond donors (Lipinski definition) is 1. The van der Waals surface area contributed by atoms with Crippen molar-refractivity contribution < 1.29 is 36.9 Å². The van der Waals surface area contributed by atoms with Crippen LogP contribution in [-0.2, 0) is 20.8 Å². The molecule has 2 saturated heterocycles. The maximum atomic E-state index is 13.3. The van der Waals surface area contributed by atoms with Gasteiger partial charge in [-0.1, -0.05) is 12.1 Å². The number of carbonyl (C=O) groups is 1. The number of likely N-dealkylation sites (tertiary alicyclic amines) is 1. The number of amides is 1. The van der Waals surface area contributed by atoms with Crippen LogP contribution in [0.4, 0.5) is 18.0 Å². The monoisotopic (exact) mass is 432 g/mol. The fraction of sp³-hybridized carbons (Fsp3) is 0.650. The number of nitrogens with zero attached hydrogens (tertiary/aromatic N) is 1. The smallest absolute Gasteiger partial charge is 0.427 e. The minimum absolute atomic E-state index is 0.0408. The van der Waals surface area contributed by atoms with E-state index >= 15 is 0 Å². The molecular weight excluding hydrogens is 405 g/mol. The summed E-state index contributed by atoms with van der Waals surface area (Å²) in [5, 5.41) is 0. The Kier molecular flexibility index (Phi) is 7.10. The number of benzene rings is 1. The molecule has 7 nitrogen and oxygen atoms in total. The highest BCUT2D eigenvalue weighted by Crippen LogP contribution is 2.35. The Labute approximate surface area is 173 Å². The molecule has 168 valence electrons. The van der Waals surface area contributed by atoms with E-state index in [0.717, 1.165) is 0 Å². The average molecular weight is 432 g/mol. The zero-order chi connectivity index (χ0) is 21.8. The van der Waals surface area contributed by atoms with Crippen molar-refractivity contribution in [3.63, 3.8) is 0 Å². The lowest BCUT2D eigenvalue weighted by Crippen LogP contribution is -2.49. The molecule has 2 aliphatic rings. The van der Waals surface area contributed by atoms with E-state index in [1.807, 2.05) is 0 Å². The van der Waals surface area contributed by atoms with Crippen LogP contribution in [0, 0.1) is 0 Å². The summed E-state index contributed by atoms with van der Waals surface area (Å²) in [6, 6.07) is 6.71. The maximum absolute atomic E-state index is 13.3. The minimum Gasteiger partial charge on any atom is -0.497 e. The molecule has 2 atom stereocenters. The van der Waals surface area contributed by atoms with Gasteiger partial charge in [-0.15, -0.1) is 0 Å². The van der Waals surface area contributed by atoms with Gasteiger partial charge >= 0.3 is 12.3 Å². The van der Waals surface area contributed by atoms with Crippen molar-refractivity contribution in [3.05, 3.63) is 29.8 Å². The van der Waals surface area contributed by atoms with Crippen molar-refractivity contribution in [1.29, 1.82) is 0 Å². The summed E-state index contributed by atoms with van der Waals surface area (Å²) in [5.41, 5.74) is 6.18. The third kappa shape index (κ3) is 5.77. The molecule has 0 aliphatic carbocycles. The van der Waals surface area contributed by atoms with Crippen molar-refractivity contribution in [3.8, 4) is 5.75 Å². The van der Waals surface area contributed by atoms with Crippen LogP contribution in [0.3, 0.4) is 0 Å². The summed E-state index contributed by atoms with van der Waals surface area (Å²) < 4.78 is 60.7.